The lowest BCUT2D eigenvalue weighted by molar-refractivity contribution is 0.556. The third-order valence-electron chi connectivity index (χ3n) is 9.87. The summed E-state index contributed by atoms with van der Waals surface area (Å²) in [6, 6.07) is 23.1. The molecule has 0 atom stereocenters. The van der Waals surface area contributed by atoms with Gasteiger partial charge < -0.3 is 0 Å². The van der Waals surface area contributed by atoms with Crippen LogP contribution < -0.4 is 22.5 Å². The monoisotopic (exact) mass is 834 g/mol. The predicted molar refractivity (Wildman–Crippen MR) is 227 cm³/mol. The number of pyridine rings is 2. The Balaban J connectivity index is 0.000000168. The minimum absolute atomic E-state index is 0.0818. The van der Waals surface area contributed by atoms with E-state index in [-0.39, 0.29) is 27.7 Å². The van der Waals surface area contributed by atoms with Gasteiger partial charge >= 0.3 is 11.4 Å². The number of hydrogen-bond donors (Lipinski definition) is 0. The molecule has 1 aliphatic rings. The second kappa shape index (κ2) is 16.5. The number of benzene rings is 4. The van der Waals surface area contributed by atoms with Crippen molar-refractivity contribution in [2.75, 3.05) is 0 Å². The Morgan fingerprint density at radius 3 is 1.75 bits per heavy atom. The molecule has 0 aliphatic carbocycles. The maximum atomic E-state index is 15.1. The van der Waals surface area contributed by atoms with E-state index in [0.29, 0.717) is 50.6 Å². The van der Waals surface area contributed by atoms with Crippen molar-refractivity contribution in [3.63, 3.8) is 0 Å². The zero-order valence-corrected chi connectivity index (χ0v) is 33.0. The molecule has 0 fully saturated rings. The number of aryl methyl sites for hydroxylation is 2. The molecule has 0 amide bonds. The Kier molecular flexibility index (Phi) is 10.8. The van der Waals surface area contributed by atoms with Crippen molar-refractivity contribution in [3.05, 3.63) is 208 Å². The average molecular weight is 835 g/mol. The highest BCUT2D eigenvalue weighted by Crippen LogP contribution is 2.26. The number of nitrogens with zero attached hydrogens (tertiary/aromatic N) is 6. The Morgan fingerprint density at radius 1 is 0.623 bits per heavy atom. The molecule has 300 valence electrons. The van der Waals surface area contributed by atoms with Crippen LogP contribution in [0.4, 0.5) is 13.2 Å². The van der Waals surface area contributed by atoms with Gasteiger partial charge in [0.15, 0.2) is 11.6 Å². The molecule has 4 aromatic heterocycles. The van der Waals surface area contributed by atoms with Crippen LogP contribution in [0.5, 0.6) is 0 Å². The number of hydrogen-bond acceptors (Lipinski definition) is 6. The molecular formula is C47H30ClF3N6O4. The molecule has 1 aliphatic heterocycles. The zero-order valence-electron chi connectivity index (χ0n) is 32.3. The molecule has 0 radical (unpaired) electrons. The lowest BCUT2D eigenvalue weighted by Gasteiger charge is -2.17. The SMILES string of the molecule is CC(C)n1c(=O)n(-c2c(F)cc(C#Cc3cccnc3)cc2Cl)c(=O)c2ccccc21.O=c1c2cccc3c2n(c(=O)n1-c1c(F)cc(C#Cc2cccnc2)cc1F)CC3. The summed E-state index contributed by atoms with van der Waals surface area (Å²) in [4.78, 5) is 60.1. The van der Waals surface area contributed by atoms with Gasteiger partial charge in [0, 0.05) is 59.6 Å². The molecule has 0 spiro atoms. The number of halogens is 4. The highest BCUT2D eigenvalue weighted by molar-refractivity contribution is 6.32. The number of para-hydroxylation sites is 2. The van der Waals surface area contributed by atoms with Crippen molar-refractivity contribution >= 4 is 33.4 Å². The summed E-state index contributed by atoms with van der Waals surface area (Å²) < 4.78 is 49.1. The predicted octanol–water partition coefficient (Wildman–Crippen LogP) is 7.10. The molecule has 0 N–H and O–H groups in total. The summed E-state index contributed by atoms with van der Waals surface area (Å²) in [6.45, 7) is 3.99. The van der Waals surface area contributed by atoms with Crippen molar-refractivity contribution in [1.29, 1.82) is 0 Å². The molecule has 0 saturated carbocycles. The van der Waals surface area contributed by atoms with Gasteiger partial charge in [-0.25, -0.2) is 31.9 Å². The lowest BCUT2D eigenvalue weighted by Crippen LogP contribution is -2.40. The van der Waals surface area contributed by atoms with Gasteiger partial charge in [-0.2, -0.15) is 0 Å². The Hall–Kier alpha value is -7.74. The normalized spacial score (nSPS) is 11.5. The number of rotatable bonds is 3. The first-order valence-electron chi connectivity index (χ1n) is 18.8. The molecule has 8 aromatic rings. The van der Waals surface area contributed by atoms with Gasteiger partial charge in [-0.1, -0.05) is 59.5 Å². The van der Waals surface area contributed by atoms with Crippen LogP contribution in [-0.2, 0) is 13.0 Å². The largest absolute Gasteiger partial charge is 0.336 e. The van der Waals surface area contributed by atoms with E-state index in [4.69, 9.17) is 11.6 Å². The molecule has 0 bridgehead atoms. The van der Waals surface area contributed by atoms with Gasteiger partial charge in [0.25, 0.3) is 11.1 Å². The van der Waals surface area contributed by atoms with E-state index in [1.807, 2.05) is 19.9 Å². The fourth-order valence-corrected chi connectivity index (χ4v) is 7.48. The molecular weight excluding hydrogens is 805 g/mol. The molecule has 14 heteroatoms. The quantitative estimate of drug-likeness (QED) is 0.176. The highest BCUT2D eigenvalue weighted by Gasteiger charge is 2.25. The van der Waals surface area contributed by atoms with Crippen LogP contribution in [0.15, 0.2) is 135 Å². The van der Waals surface area contributed by atoms with Crippen molar-refractivity contribution in [2.24, 2.45) is 0 Å². The van der Waals surface area contributed by atoms with Crippen molar-refractivity contribution < 1.29 is 13.2 Å². The van der Waals surface area contributed by atoms with Crippen LogP contribution in [-0.4, -0.2) is 28.2 Å². The molecule has 0 unspecified atom stereocenters. The first-order chi connectivity index (χ1) is 29.4. The standard InChI is InChI=1S/C24H17ClFN3O2.C23H13F2N3O2/c1-15(2)28-21-8-4-3-7-18(21)23(30)29(24(28)31)22-19(25)12-17(13-20(22)26)10-9-16-6-5-11-27-14-16;24-18-11-15(7-6-14-3-2-9-26-13-14)12-19(25)21(18)28-22(29)17-5-1-4-16-8-10-27(20(16)17)23(28)30/h3-8,11-15H,1-2H3;1-5,9,11-13H,8,10H2. The smallest absolute Gasteiger partial charge is 0.292 e. The Morgan fingerprint density at radius 2 is 1.16 bits per heavy atom. The maximum absolute atomic E-state index is 15.1. The van der Waals surface area contributed by atoms with Gasteiger partial charge in [0.2, 0.25) is 0 Å². The van der Waals surface area contributed by atoms with E-state index < -0.39 is 45.6 Å². The summed E-state index contributed by atoms with van der Waals surface area (Å²) in [5, 5.41) is 0.468. The first-order valence-corrected chi connectivity index (χ1v) is 19.2. The summed E-state index contributed by atoms with van der Waals surface area (Å²) in [7, 11) is 0. The van der Waals surface area contributed by atoms with Crippen LogP contribution in [0.1, 0.15) is 47.7 Å². The summed E-state index contributed by atoms with van der Waals surface area (Å²) in [5.41, 5.74) is -0.250. The van der Waals surface area contributed by atoms with E-state index in [1.165, 1.54) is 21.4 Å². The van der Waals surface area contributed by atoms with E-state index >= 15 is 4.39 Å². The fraction of sp³-hybridized carbons (Fsp3) is 0.106. The topological polar surface area (TPSA) is 114 Å². The second-order valence-corrected chi connectivity index (χ2v) is 14.5. The van der Waals surface area contributed by atoms with Crippen molar-refractivity contribution in [3.8, 4) is 35.1 Å². The van der Waals surface area contributed by atoms with E-state index in [0.717, 1.165) is 28.3 Å². The Bertz CT molecular complexity index is 3400. The minimum Gasteiger partial charge on any atom is -0.292 e. The van der Waals surface area contributed by atoms with Crippen LogP contribution in [0.25, 0.3) is 33.2 Å². The highest BCUT2D eigenvalue weighted by atomic mass is 35.5. The maximum Gasteiger partial charge on any atom is 0.336 e. The molecule has 0 saturated heterocycles. The van der Waals surface area contributed by atoms with E-state index in [9.17, 15) is 28.0 Å². The third kappa shape index (κ3) is 7.55. The summed E-state index contributed by atoms with van der Waals surface area (Å²) in [5.74, 6) is 8.25. The number of fused-ring (bicyclic) bond motifs is 1. The lowest BCUT2D eigenvalue weighted by atomic mass is 10.1. The number of aromatic nitrogens is 6. The third-order valence-corrected chi connectivity index (χ3v) is 10.2. The van der Waals surface area contributed by atoms with Crippen LogP contribution in [0.3, 0.4) is 0 Å². The second-order valence-electron chi connectivity index (χ2n) is 14.1. The van der Waals surface area contributed by atoms with Crippen molar-refractivity contribution in [1.82, 2.24) is 28.2 Å². The van der Waals surface area contributed by atoms with Crippen molar-refractivity contribution in [2.45, 2.75) is 32.9 Å². The van der Waals surface area contributed by atoms with E-state index in [2.05, 4.69) is 33.6 Å². The van der Waals surface area contributed by atoms with Crippen LogP contribution in [0, 0.1) is 41.1 Å². The average Bonchev–Trinajstić information content (AvgIpc) is 3.69. The summed E-state index contributed by atoms with van der Waals surface area (Å²) >= 11 is 6.35. The Labute approximate surface area is 349 Å². The van der Waals surface area contributed by atoms with Gasteiger partial charge in [-0.15, -0.1) is 0 Å². The van der Waals surface area contributed by atoms with Gasteiger partial charge in [-0.3, -0.25) is 28.7 Å². The van der Waals surface area contributed by atoms with Crippen LogP contribution in [0.2, 0.25) is 5.02 Å². The first kappa shape index (κ1) is 40.1. The fourth-order valence-electron chi connectivity index (χ4n) is 7.19. The minimum atomic E-state index is -1.04. The van der Waals surface area contributed by atoms with Gasteiger partial charge in [0.1, 0.15) is 17.2 Å². The zero-order chi connectivity index (χ0) is 42.9. The molecule has 61 heavy (non-hydrogen) atoms. The molecule has 4 aromatic carbocycles. The van der Waals surface area contributed by atoms with E-state index in [1.54, 1.807) is 79.3 Å². The molecule has 10 nitrogen and oxygen atoms in total. The summed E-state index contributed by atoms with van der Waals surface area (Å²) in [6.07, 6.45) is 6.92. The van der Waals surface area contributed by atoms with Gasteiger partial charge in [0.05, 0.1) is 26.8 Å². The van der Waals surface area contributed by atoms with Crippen LogP contribution >= 0.6 is 11.6 Å². The molecule has 5 heterocycles. The van der Waals surface area contributed by atoms with Gasteiger partial charge in [-0.05, 0) is 92.6 Å². The molecule has 9 rings (SSSR count).